The molecule has 9 heteroatoms. The number of halogens is 2. The van der Waals surface area contributed by atoms with Crippen LogP contribution in [0.5, 0.6) is 0 Å². The van der Waals surface area contributed by atoms with Crippen LogP contribution in [0, 0.1) is 11.3 Å². The Morgan fingerprint density at radius 1 is 1.50 bits per heavy atom. The van der Waals surface area contributed by atoms with E-state index < -0.39 is 38.0 Å². The summed E-state index contributed by atoms with van der Waals surface area (Å²) in [6.45, 7) is 0. The fourth-order valence-corrected chi connectivity index (χ4v) is 1.94. The number of nitrogens with zero attached hydrogens (tertiary/aromatic N) is 1. The molecule has 0 saturated carbocycles. The van der Waals surface area contributed by atoms with E-state index in [1.54, 1.807) is 0 Å². The first-order valence-electron chi connectivity index (χ1n) is 3.75. The van der Waals surface area contributed by atoms with E-state index in [2.05, 4.69) is 5.14 Å². The van der Waals surface area contributed by atoms with Crippen molar-refractivity contribution in [3.63, 3.8) is 0 Å². The fourth-order valence-electron chi connectivity index (χ4n) is 1.12. The van der Waals surface area contributed by atoms with Crippen LogP contribution in [0.15, 0.2) is 15.9 Å². The second-order valence-electron chi connectivity index (χ2n) is 2.73. The molecule has 1 aromatic heterocycles. The van der Waals surface area contributed by atoms with Crippen molar-refractivity contribution in [1.82, 2.24) is 4.98 Å². The highest BCUT2D eigenvalue weighted by Gasteiger charge is 2.27. The molecule has 16 heavy (non-hydrogen) atoms. The van der Waals surface area contributed by atoms with Crippen molar-refractivity contribution in [2.24, 2.45) is 5.14 Å². The molecule has 0 aliphatic heterocycles. The molecule has 0 fully saturated rings. The number of sulfonamides is 1. The third kappa shape index (κ3) is 2.07. The first kappa shape index (κ1) is 12.3. The highest BCUT2D eigenvalue weighted by Crippen LogP contribution is 2.25. The molecule has 0 amide bonds. The van der Waals surface area contributed by atoms with Gasteiger partial charge < -0.3 is 4.98 Å². The zero-order chi connectivity index (χ0) is 12.5. The normalized spacial score (nSPS) is 11.4. The molecule has 0 spiro atoms. The molecule has 1 aromatic rings. The predicted octanol–water partition coefficient (Wildman–Crippen LogP) is -0.168. The van der Waals surface area contributed by atoms with E-state index in [1.807, 2.05) is 4.98 Å². The van der Waals surface area contributed by atoms with Gasteiger partial charge >= 0.3 is 0 Å². The lowest BCUT2D eigenvalue weighted by Gasteiger charge is -2.06. The Morgan fingerprint density at radius 3 is 2.44 bits per heavy atom. The van der Waals surface area contributed by atoms with E-state index in [0.717, 1.165) is 0 Å². The lowest BCUT2D eigenvalue weighted by Crippen LogP contribution is -2.26. The van der Waals surface area contributed by atoms with Crippen LogP contribution < -0.4 is 10.7 Å². The number of aromatic amines is 1. The van der Waals surface area contributed by atoms with Gasteiger partial charge in [0.15, 0.2) is 4.90 Å². The van der Waals surface area contributed by atoms with E-state index in [4.69, 9.17) is 5.26 Å². The van der Waals surface area contributed by atoms with Gasteiger partial charge in [-0.3, -0.25) is 4.79 Å². The maximum absolute atomic E-state index is 12.6. The Kier molecular flexibility index (Phi) is 3.06. The zero-order valence-electron chi connectivity index (χ0n) is 7.57. The number of rotatable bonds is 2. The van der Waals surface area contributed by atoms with Gasteiger partial charge in [0.25, 0.3) is 12.0 Å². The average molecular weight is 249 g/mol. The summed E-state index contributed by atoms with van der Waals surface area (Å²) in [5.74, 6) is 0. The summed E-state index contributed by atoms with van der Waals surface area (Å²) in [5, 5.41) is 13.1. The Hall–Kier alpha value is -1.79. The van der Waals surface area contributed by atoms with E-state index in [9.17, 15) is 22.0 Å². The average Bonchev–Trinajstić information content (AvgIpc) is 2.15. The number of nitrogens with two attached hydrogens (primary N) is 1. The van der Waals surface area contributed by atoms with Gasteiger partial charge in [0.2, 0.25) is 10.0 Å². The van der Waals surface area contributed by atoms with E-state index in [1.165, 1.54) is 6.07 Å². The van der Waals surface area contributed by atoms with Gasteiger partial charge in [-0.25, -0.2) is 22.3 Å². The number of nitriles is 1. The first-order valence-corrected chi connectivity index (χ1v) is 5.30. The number of nitrogens with one attached hydrogen (secondary N) is 1. The predicted molar refractivity (Wildman–Crippen MR) is 48.1 cm³/mol. The van der Waals surface area contributed by atoms with Crippen LogP contribution in [0.1, 0.15) is 17.6 Å². The minimum absolute atomic E-state index is 0.640. The van der Waals surface area contributed by atoms with Crippen LogP contribution >= 0.6 is 0 Å². The molecular weight excluding hydrogens is 244 g/mol. The van der Waals surface area contributed by atoms with Gasteiger partial charge in [0.1, 0.15) is 6.07 Å². The monoisotopic (exact) mass is 249 g/mol. The molecule has 0 aromatic carbocycles. The molecule has 0 aliphatic rings. The smallest absolute Gasteiger partial charge is 0.268 e. The second kappa shape index (κ2) is 3.99. The fraction of sp³-hybridized carbons (Fsp3) is 0.143. The topological polar surface area (TPSA) is 117 Å². The molecule has 1 rings (SSSR count). The minimum Gasteiger partial charge on any atom is -0.327 e. The van der Waals surface area contributed by atoms with Gasteiger partial charge in [0.05, 0.1) is 11.1 Å². The largest absolute Gasteiger partial charge is 0.327 e. The highest BCUT2D eigenvalue weighted by atomic mass is 32.2. The summed E-state index contributed by atoms with van der Waals surface area (Å²) in [4.78, 5) is 11.7. The minimum atomic E-state index is -4.62. The Balaban J connectivity index is 3.86. The van der Waals surface area contributed by atoms with Gasteiger partial charge in [0, 0.05) is 6.20 Å². The van der Waals surface area contributed by atoms with Crippen LogP contribution in [0.25, 0.3) is 0 Å². The molecule has 0 bridgehead atoms. The molecule has 0 atom stereocenters. The summed E-state index contributed by atoms with van der Waals surface area (Å²) in [6.07, 6.45) is -2.58. The zero-order valence-corrected chi connectivity index (χ0v) is 8.38. The van der Waals surface area contributed by atoms with Crippen LogP contribution in [0.2, 0.25) is 0 Å². The number of hydrogen-bond donors (Lipinski definition) is 2. The number of primary sulfonamides is 1. The van der Waals surface area contributed by atoms with Gasteiger partial charge in [-0.15, -0.1) is 0 Å². The summed E-state index contributed by atoms with van der Waals surface area (Å²) in [5.41, 5.74) is -3.09. The second-order valence-corrected chi connectivity index (χ2v) is 4.23. The van der Waals surface area contributed by atoms with Crippen molar-refractivity contribution in [1.29, 1.82) is 5.26 Å². The summed E-state index contributed by atoms with van der Waals surface area (Å²) >= 11 is 0. The Bertz CT molecular complexity index is 615. The molecule has 3 N–H and O–H groups in total. The first-order chi connectivity index (χ1) is 7.29. The maximum atomic E-state index is 12.6. The summed E-state index contributed by atoms with van der Waals surface area (Å²) in [6, 6.07) is 1.35. The SMILES string of the molecule is N#Cc1c[nH]c(=O)c(S(N)(=O)=O)c1C(F)F. The maximum Gasteiger partial charge on any atom is 0.268 e. The standard InChI is InChI=1S/C7H5F2N3O3S/c8-6(9)4-3(1-10)2-12-7(13)5(4)16(11,14)15/h2,6H,(H,12,13)(H2,11,14,15). The van der Waals surface area contributed by atoms with Gasteiger partial charge in [-0.2, -0.15) is 5.26 Å². The van der Waals surface area contributed by atoms with Crippen LogP contribution in [0.4, 0.5) is 8.78 Å². The van der Waals surface area contributed by atoms with Crippen molar-refractivity contribution in [2.75, 3.05) is 0 Å². The number of hydrogen-bond acceptors (Lipinski definition) is 4. The van der Waals surface area contributed by atoms with E-state index in [0.29, 0.717) is 6.20 Å². The highest BCUT2D eigenvalue weighted by molar-refractivity contribution is 7.89. The van der Waals surface area contributed by atoms with Gasteiger partial charge in [-0.1, -0.05) is 0 Å². The number of alkyl halides is 2. The molecule has 0 radical (unpaired) electrons. The molecule has 6 nitrogen and oxygen atoms in total. The third-order valence-electron chi connectivity index (χ3n) is 1.71. The number of aromatic nitrogens is 1. The summed E-state index contributed by atoms with van der Waals surface area (Å²) < 4.78 is 47.0. The van der Waals surface area contributed by atoms with Crippen LogP contribution in [0.3, 0.4) is 0 Å². The summed E-state index contributed by atoms with van der Waals surface area (Å²) in [7, 11) is -4.62. The molecule has 1 heterocycles. The molecule has 0 aliphatic carbocycles. The van der Waals surface area contributed by atoms with Crippen molar-refractivity contribution in [3.05, 3.63) is 27.7 Å². The van der Waals surface area contributed by atoms with Crippen molar-refractivity contribution in [2.45, 2.75) is 11.3 Å². The quantitative estimate of drug-likeness (QED) is 0.756. The molecule has 0 unspecified atom stereocenters. The number of H-pyrrole nitrogens is 1. The lowest BCUT2D eigenvalue weighted by molar-refractivity contribution is 0.147. The van der Waals surface area contributed by atoms with E-state index in [-0.39, 0.29) is 0 Å². The lowest BCUT2D eigenvalue weighted by atomic mass is 10.1. The Labute approximate surface area is 88.4 Å². The van der Waals surface area contributed by atoms with Crippen molar-refractivity contribution in [3.8, 4) is 6.07 Å². The number of pyridine rings is 1. The molecule has 0 saturated heterocycles. The molecule has 86 valence electrons. The third-order valence-corrected chi connectivity index (χ3v) is 2.69. The van der Waals surface area contributed by atoms with Crippen molar-refractivity contribution >= 4 is 10.0 Å². The van der Waals surface area contributed by atoms with Gasteiger partial charge in [-0.05, 0) is 0 Å². The van der Waals surface area contributed by atoms with Crippen LogP contribution in [-0.4, -0.2) is 13.4 Å². The van der Waals surface area contributed by atoms with Crippen molar-refractivity contribution < 1.29 is 17.2 Å². The molecular formula is C7H5F2N3O3S. The van der Waals surface area contributed by atoms with E-state index >= 15 is 0 Å². The van der Waals surface area contributed by atoms with Crippen LogP contribution in [-0.2, 0) is 10.0 Å². The Morgan fingerprint density at radius 2 is 2.06 bits per heavy atom.